The summed E-state index contributed by atoms with van der Waals surface area (Å²) in [6, 6.07) is 32.2. The summed E-state index contributed by atoms with van der Waals surface area (Å²) < 4.78 is 27.6. The number of nitrogens with one attached hydrogen (secondary N) is 2. The number of thiazole rings is 1. The summed E-state index contributed by atoms with van der Waals surface area (Å²) in [7, 11) is 0. The second kappa shape index (κ2) is 23.9. The Kier molecular flexibility index (Phi) is 17.5. The van der Waals surface area contributed by atoms with Crippen LogP contribution in [0.1, 0.15) is 84.7 Å². The number of thioether (sulfide) groups is 2. The number of fused-ring (bicyclic) bond motifs is 2. The highest BCUT2D eigenvalue weighted by molar-refractivity contribution is 8.02. The van der Waals surface area contributed by atoms with Crippen molar-refractivity contribution in [2.75, 3.05) is 23.4 Å². The van der Waals surface area contributed by atoms with Crippen molar-refractivity contribution < 1.29 is 62.4 Å². The van der Waals surface area contributed by atoms with Gasteiger partial charge in [-0.1, -0.05) is 96.2 Å². The van der Waals surface area contributed by atoms with Gasteiger partial charge in [-0.05, 0) is 90.6 Å². The lowest BCUT2D eigenvalue weighted by Crippen LogP contribution is -2.71. The molecule has 418 valence electrons. The molecular weight excluding hydrogens is 1110 g/mol. The number of ether oxygens (including phenoxy) is 5. The molecule has 2 aromatic heterocycles. The summed E-state index contributed by atoms with van der Waals surface area (Å²) in [6.45, 7) is 14.2. The van der Waals surface area contributed by atoms with Crippen LogP contribution in [-0.2, 0) is 43.8 Å². The minimum absolute atomic E-state index is 0.0385. The van der Waals surface area contributed by atoms with Crippen LogP contribution in [0.25, 0.3) is 10.1 Å². The molecule has 2 amide bonds. The molecule has 0 spiro atoms. The normalized spacial score (nSPS) is 15.7. The van der Waals surface area contributed by atoms with Gasteiger partial charge in [0.2, 0.25) is 6.61 Å². The highest BCUT2D eigenvalue weighted by Gasteiger charge is 2.54. The second-order valence-corrected chi connectivity index (χ2v) is 25.4. The van der Waals surface area contributed by atoms with E-state index < -0.39 is 81.9 Å². The number of aromatic nitrogens is 1. The third kappa shape index (κ3) is 14.0. The number of rotatable bonds is 17. The van der Waals surface area contributed by atoms with Gasteiger partial charge in [-0.3, -0.25) is 19.3 Å². The van der Waals surface area contributed by atoms with E-state index in [0.29, 0.717) is 19.6 Å². The standard InChI is InChI=1S/C57H57N5O14S4/c1-54(2,3)74-42(64)28-71-61-44(37-31-79-51(58-37)60-57(33-19-13-10-14-20-33,34-21-15-11-16-22-34)35-23-17-12-18-24-35)47(65)59-45-48(66)62-46(50(67)68)32(30-78-49(45)62)29-77-43-26-38(63)36-25-39(72-52(69)75-55(4,5)6)40(27-41(36)80-43)73-53(70)76-56(7,8)9/h10-27,31,45,49H,28-30H2,1-9H3,(H,58,60)(H,59,65)(H,67,68)/t45?,49-/m0/s1. The molecule has 8 rings (SSSR count). The average molecular weight is 1160 g/mol. The molecule has 2 aliphatic rings. The first-order valence-corrected chi connectivity index (χ1v) is 28.6. The Hall–Kier alpha value is -7.73. The number of anilines is 1. The Bertz CT molecular complexity index is 3360. The molecule has 2 atom stereocenters. The fourth-order valence-corrected chi connectivity index (χ4v) is 12.8. The molecule has 0 aliphatic carbocycles. The van der Waals surface area contributed by atoms with Crippen LogP contribution >= 0.6 is 46.2 Å². The summed E-state index contributed by atoms with van der Waals surface area (Å²) >= 11 is 4.68. The molecule has 19 nitrogen and oxygen atoms in total. The van der Waals surface area contributed by atoms with E-state index in [1.54, 1.807) is 67.7 Å². The van der Waals surface area contributed by atoms with Crippen molar-refractivity contribution in [3.8, 4) is 11.5 Å². The van der Waals surface area contributed by atoms with E-state index in [1.165, 1.54) is 41.3 Å². The minimum Gasteiger partial charge on any atom is -0.477 e. The molecule has 0 saturated carbocycles. The zero-order chi connectivity index (χ0) is 57.7. The number of carboxylic acid groups (broad SMARTS) is 1. The van der Waals surface area contributed by atoms with E-state index in [0.717, 1.165) is 44.7 Å². The van der Waals surface area contributed by atoms with Gasteiger partial charge in [0.1, 0.15) is 45.1 Å². The Morgan fingerprint density at radius 1 is 0.750 bits per heavy atom. The van der Waals surface area contributed by atoms with Crippen LogP contribution in [0, 0.1) is 0 Å². The first-order chi connectivity index (χ1) is 37.8. The van der Waals surface area contributed by atoms with E-state index in [4.69, 9.17) is 33.5 Å². The van der Waals surface area contributed by atoms with E-state index in [9.17, 15) is 38.7 Å². The molecule has 2 aliphatic heterocycles. The third-order valence-electron chi connectivity index (χ3n) is 11.5. The van der Waals surface area contributed by atoms with Gasteiger partial charge in [0.05, 0.1) is 4.21 Å². The molecule has 4 aromatic carbocycles. The lowest BCUT2D eigenvalue weighted by Gasteiger charge is -2.49. The van der Waals surface area contributed by atoms with E-state index in [1.807, 2.05) is 91.0 Å². The number of hydrogen-bond donors (Lipinski definition) is 3. The number of nitrogens with zero attached hydrogens (tertiary/aromatic N) is 3. The molecule has 1 saturated heterocycles. The van der Waals surface area contributed by atoms with Crippen LogP contribution in [-0.4, -0.2) is 103 Å². The van der Waals surface area contributed by atoms with Crippen LogP contribution < -0.4 is 25.5 Å². The van der Waals surface area contributed by atoms with Gasteiger partial charge < -0.3 is 44.3 Å². The quantitative estimate of drug-likeness (QED) is 0.0112. The first-order valence-electron chi connectivity index (χ1n) is 24.9. The molecule has 80 heavy (non-hydrogen) atoms. The number of amides is 2. The largest absolute Gasteiger partial charge is 0.514 e. The summed E-state index contributed by atoms with van der Waals surface area (Å²) in [6.07, 6.45) is -2.20. The van der Waals surface area contributed by atoms with Crippen molar-refractivity contribution in [2.24, 2.45) is 5.16 Å². The molecule has 1 unspecified atom stereocenters. The Labute approximate surface area is 477 Å². The number of carbonyl (C=O) groups is 6. The maximum Gasteiger partial charge on any atom is 0.514 e. The fraction of sp³-hybridized carbons (Fsp3) is 0.316. The van der Waals surface area contributed by atoms with Crippen LogP contribution in [0.2, 0.25) is 0 Å². The first kappa shape index (κ1) is 58.4. The van der Waals surface area contributed by atoms with Crippen LogP contribution in [0.3, 0.4) is 0 Å². The zero-order valence-electron chi connectivity index (χ0n) is 45.0. The maximum atomic E-state index is 14.4. The molecular formula is C57H57N5O14S4. The van der Waals surface area contributed by atoms with E-state index in [-0.39, 0.29) is 45.5 Å². The molecule has 1 fully saturated rings. The van der Waals surface area contributed by atoms with Crippen LogP contribution in [0.4, 0.5) is 14.7 Å². The highest BCUT2D eigenvalue weighted by Crippen LogP contribution is 2.44. The van der Waals surface area contributed by atoms with Crippen LogP contribution in [0.5, 0.6) is 11.5 Å². The zero-order valence-corrected chi connectivity index (χ0v) is 48.2. The van der Waals surface area contributed by atoms with Gasteiger partial charge >= 0.3 is 24.2 Å². The number of hydrogen-bond acceptors (Lipinski definition) is 20. The van der Waals surface area contributed by atoms with Gasteiger partial charge in [-0.15, -0.1) is 46.2 Å². The van der Waals surface area contributed by atoms with Crippen molar-refractivity contribution in [2.45, 2.75) is 100 Å². The van der Waals surface area contributed by atoms with Crippen molar-refractivity contribution in [3.63, 3.8) is 0 Å². The number of carboxylic acids is 1. The average Bonchev–Trinajstić information content (AvgIpc) is 3.99. The predicted molar refractivity (Wildman–Crippen MR) is 306 cm³/mol. The lowest BCUT2D eigenvalue weighted by molar-refractivity contribution is -0.160. The molecule has 0 radical (unpaired) electrons. The van der Waals surface area contributed by atoms with Gasteiger partial charge in [-0.2, -0.15) is 0 Å². The lowest BCUT2D eigenvalue weighted by atomic mass is 9.77. The van der Waals surface area contributed by atoms with Gasteiger partial charge in [0, 0.05) is 39.1 Å². The topological polar surface area (TPSA) is 248 Å². The van der Waals surface area contributed by atoms with E-state index >= 15 is 0 Å². The molecule has 23 heteroatoms. The Balaban J connectivity index is 1.04. The summed E-state index contributed by atoms with van der Waals surface area (Å²) in [5, 5.41) is 22.3. The summed E-state index contributed by atoms with van der Waals surface area (Å²) in [5.41, 5.74) is -1.69. The maximum absolute atomic E-state index is 14.4. The van der Waals surface area contributed by atoms with Crippen molar-refractivity contribution in [1.82, 2.24) is 15.2 Å². The third-order valence-corrected chi connectivity index (χ3v) is 16.0. The predicted octanol–water partition coefficient (Wildman–Crippen LogP) is 10.3. The number of carbonyl (C=O) groups excluding carboxylic acids is 5. The Morgan fingerprint density at radius 3 is 1.81 bits per heavy atom. The van der Waals surface area contributed by atoms with Crippen molar-refractivity contribution >= 4 is 103 Å². The minimum atomic E-state index is -1.38. The van der Waals surface area contributed by atoms with Gasteiger partial charge in [0.25, 0.3) is 11.8 Å². The van der Waals surface area contributed by atoms with Gasteiger partial charge in [0.15, 0.2) is 27.8 Å². The molecule has 0 bridgehead atoms. The number of esters is 1. The molecule has 4 heterocycles. The smallest absolute Gasteiger partial charge is 0.477 e. The number of oxime groups is 1. The van der Waals surface area contributed by atoms with E-state index in [2.05, 4.69) is 15.8 Å². The Morgan fingerprint density at radius 2 is 1.29 bits per heavy atom. The monoisotopic (exact) mass is 1160 g/mol. The van der Waals surface area contributed by atoms with Gasteiger partial charge in [-0.25, -0.2) is 24.2 Å². The molecule has 6 aromatic rings. The highest BCUT2D eigenvalue weighted by atomic mass is 32.2. The SMILES string of the molecule is CC(C)(C)OC(=O)CON=C(C(=O)NC1C(=O)N2C(C(=O)O)=C(CSc3cc(=O)c4cc(OC(=O)OC(C)(C)C)c(OC(=O)OC(C)(C)C)cc4s3)CS[C@@H]12)c1csc(NC(c2ccccc2)(c2ccccc2)c2ccccc2)n1. The van der Waals surface area contributed by atoms with Crippen molar-refractivity contribution in [3.05, 3.63) is 158 Å². The second-order valence-electron chi connectivity index (χ2n) is 21.1. The summed E-state index contributed by atoms with van der Waals surface area (Å²) in [4.78, 5) is 105. The number of benzene rings is 4. The summed E-state index contributed by atoms with van der Waals surface area (Å²) in [5.74, 6) is -4.06. The fourth-order valence-electron chi connectivity index (χ4n) is 8.36. The number of aliphatic carboxylic acids is 1. The molecule has 3 N–H and O–H groups in total. The number of β-lactam (4-membered cyclic amide) rings is 1. The van der Waals surface area contributed by atoms with Crippen molar-refractivity contribution in [1.29, 1.82) is 0 Å². The van der Waals surface area contributed by atoms with Crippen LogP contribution in [0.15, 0.2) is 140 Å².